The Morgan fingerprint density at radius 2 is 1.84 bits per heavy atom. The Labute approximate surface area is 112 Å². The molecule has 98 valence electrons. The fourth-order valence-electron chi connectivity index (χ4n) is 1.86. The Hall–Kier alpha value is -1.89. The molecule has 0 bridgehead atoms. The second-order valence-corrected chi connectivity index (χ2v) is 6.42. The molecule has 6 heteroatoms. The van der Waals surface area contributed by atoms with Crippen LogP contribution >= 0.6 is 0 Å². The van der Waals surface area contributed by atoms with Crippen LogP contribution in [0.1, 0.15) is 24.0 Å². The molecule has 0 aromatic heterocycles. The molecule has 1 saturated carbocycles. The summed E-state index contributed by atoms with van der Waals surface area (Å²) in [4.78, 5) is 0. The summed E-state index contributed by atoms with van der Waals surface area (Å²) in [7, 11) is -3.47. The number of sulfonamides is 1. The number of hydrogen-bond acceptors (Lipinski definition) is 4. The van der Waals surface area contributed by atoms with E-state index in [2.05, 4.69) is 0 Å². The first kappa shape index (κ1) is 13.5. The first-order chi connectivity index (χ1) is 9.06. The lowest BCUT2D eigenvalue weighted by Crippen LogP contribution is -2.34. The number of hydrogen-bond donors (Lipinski definition) is 0. The highest BCUT2D eigenvalue weighted by Crippen LogP contribution is 2.30. The van der Waals surface area contributed by atoms with Crippen LogP contribution < -0.4 is 0 Å². The van der Waals surface area contributed by atoms with Crippen molar-refractivity contribution in [2.75, 3.05) is 6.54 Å². The normalized spacial score (nSPS) is 14.9. The van der Waals surface area contributed by atoms with Crippen LogP contribution in [0.2, 0.25) is 0 Å². The van der Waals surface area contributed by atoms with E-state index < -0.39 is 10.0 Å². The van der Waals surface area contributed by atoms with Gasteiger partial charge < -0.3 is 0 Å². The van der Waals surface area contributed by atoms with Crippen LogP contribution in [0, 0.1) is 22.7 Å². The maximum atomic E-state index is 12.2. The average molecular weight is 275 g/mol. The predicted molar refractivity (Wildman–Crippen MR) is 69.1 cm³/mol. The van der Waals surface area contributed by atoms with Gasteiger partial charge >= 0.3 is 0 Å². The summed E-state index contributed by atoms with van der Waals surface area (Å²) in [6, 6.07) is 10.3. The van der Waals surface area contributed by atoms with E-state index in [0.29, 0.717) is 11.1 Å². The highest BCUT2D eigenvalue weighted by Gasteiger charge is 2.36. The third-order valence-corrected chi connectivity index (χ3v) is 4.81. The van der Waals surface area contributed by atoms with Gasteiger partial charge in [-0.2, -0.15) is 14.8 Å². The highest BCUT2D eigenvalue weighted by molar-refractivity contribution is 7.88. The van der Waals surface area contributed by atoms with Crippen molar-refractivity contribution in [1.29, 1.82) is 10.5 Å². The molecule has 0 heterocycles. The molecule has 1 aromatic rings. The van der Waals surface area contributed by atoms with Crippen molar-refractivity contribution in [2.24, 2.45) is 0 Å². The molecule has 2 rings (SSSR count). The summed E-state index contributed by atoms with van der Waals surface area (Å²) in [5.74, 6) is -0.128. The van der Waals surface area contributed by atoms with Crippen LogP contribution in [0.3, 0.4) is 0 Å². The molecule has 5 nitrogen and oxygen atoms in total. The lowest BCUT2D eigenvalue weighted by Gasteiger charge is -2.18. The van der Waals surface area contributed by atoms with Gasteiger partial charge in [0.15, 0.2) is 0 Å². The quantitative estimate of drug-likeness (QED) is 0.760. The van der Waals surface area contributed by atoms with E-state index in [9.17, 15) is 8.42 Å². The minimum Gasteiger partial charge on any atom is -0.212 e. The minimum absolute atomic E-state index is 0.0111. The van der Waals surface area contributed by atoms with Gasteiger partial charge in [0.2, 0.25) is 10.0 Å². The van der Waals surface area contributed by atoms with E-state index >= 15 is 0 Å². The molecule has 0 atom stereocenters. The fraction of sp³-hybridized carbons (Fsp3) is 0.385. The zero-order valence-electron chi connectivity index (χ0n) is 10.3. The maximum Gasteiger partial charge on any atom is 0.219 e. The van der Waals surface area contributed by atoms with Gasteiger partial charge in [-0.05, 0) is 30.5 Å². The molecule has 1 aliphatic carbocycles. The molecule has 19 heavy (non-hydrogen) atoms. The monoisotopic (exact) mass is 275 g/mol. The van der Waals surface area contributed by atoms with Crippen LogP contribution in [0.25, 0.3) is 0 Å². The first-order valence-corrected chi connectivity index (χ1v) is 7.53. The van der Waals surface area contributed by atoms with Crippen molar-refractivity contribution in [3.63, 3.8) is 0 Å². The largest absolute Gasteiger partial charge is 0.219 e. The topological polar surface area (TPSA) is 85.0 Å². The van der Waals surface area contributed by atoms with Gasteiger partial charge in [-0.1, -0.05) is 12.1 Å². The summed E-state index contributed by atoms with van der Waals surface area (Å²) < 4.78 is 25.8. The van der Waals surface area contributed by atoms with Gasteiger partial charge in [-0.25, -0.2) is 8.42 Å². The van der Waals surface area contributed by atoms with Crippen molar-refractivity contribution in [1.82, 2.24) is 4.31 Å². The van der Waals surface area contributed by atoms with Crippen molar-refractivity contribution in [3.8, 4) is 12.1 Å². The molecular formula is C13H13N3O2S. The van der Waals surface area contributed by atoms with Gasteiger partial charge in [-0.3, -0.25) is 0 Å². The summed E-state index contributed by atoms with van der Waals surface area (Å²) in [5, 5.41) is 17.4. The zero-order valence-corrected chi connectivity index (χ0v) is 11.1. The van der Waals surface area contributed by atoms with E-state index in [4.69, 9.17) is 10.5 Å². The number of rotatable bonds is 5. The number of nitrogens with zero attached hydrogens (tertiary/aromatic N) is 3. The molecule has 0 N–H and O–H groups in total. The second kappa shape index (κ2) is 5.40. The Balaban J connectivity index is 2.15. The van der Waals surface area contributed by atoms with Gasteiger partial charge in [0.1, 0.15) is 6.54 Å². The average Bonchev–Trinajstić information content (AvgIpc) is 3.20. The van der Waals surface area contributed by atoms with Gasteiger partial charge in [0, 0.05) is 6.04 Å². The molecule has 1 aliphatic rings. The zero-order chi connectivity index (χ0) is 13.9. The first-order valence-electron chi connectivity index (χ1n) is 5.92. The lowest BCUT2D eigenvalue weighted by atomic mass is 10.2. The van der Waals surface area contributed by atoms with Crippen LogP contribution in [0.5, 0.6) is 0 Å². The molecule has 0 saturated heterocycles. The third kappa shape index (κ3) is 3.31. The SMILES string of the molecule is N#CCN(C1CC1)S(=O)(=O)Cc1ccc(C#N)cc1. The molecule has 0 radical (unpaired) electrons. The Kier molecular flexibility index (Phi) is 3.84. The van der Waals surface area contributed by atoms with Gasteiger partial charge in [0.05, 0.1) is 23.5 Å². The molecule has 0 aliphatic heterocycles. The molecule has 0 amide bonds. The summed E-state index contributed by atoms with van der Waals surface area (Å²) in [6.45, 7) is -0.0940. The molecular weight excluding hydrogens is 262 g/mol. The van der Waals surface area contributed by atoms with Gasteiger partial charge in [-0.15, -0.1) is 0 Å². The van der Waals surface area contributed by atoms with E-state index in [1.807, 2.05) is 12.1 Å². The highest BCUT2D eigenvalue weighted by atomic mass is 32.2. The fourth-order valence-corrected chi connectivity index (χ4v) is 3.55. The molecule has 0 spiro atoms. The van der Waals surface area contributed by atoms with Gasteiger partial charge in [0.25, 0.3) is 0 Å². The van der Waals surface area contributed by atoms with Crippen LogP contribution in [-0.2, 0) is 15.8 Å². The lowest BCUT2D eigenvalue weighted by molar-refractivity contribution is 0.438. The summed E-state index contributed by atoms with van der Waals surface area (Å²) >= 11 is 0. The Bertz CT molecular complexity index is 634. The van der Waals surface area contributed by atoms with Crippen LogP contribution in [-0.4, -0.2) is 25.3 Å². The maximum absolute atomic E-state index is 12.2. The van der Waals surface area contributed by atoms with Crippen molar-refractivity contribution < 1.29 is 8.42 Å². The van der Waals surface area contributed by atoms with Crippen molar-refractivity contribution in [2.45, 2.75) is 24.6 Å². The van der Waals surface area contributed by atoms with Crippen molar-refractivity contribution >= 4 is 10.0 Å². The second-order valence-electron chi connectivity index (χ2n) is 4.50. The smallest absolute Gasteiger partial charge is 0.212 e. The van der Waals surface area contributed by atoms with E-state index in [0.717, 1.165) is 12.8 Å². The molecule has 1 aromatic carbocycles. The van der Waals surface area contributed by atoms with Crippen molar-refractivity contribution in [3.05, 3.63) is 35.4 Å². The number of nitriles is 2. The minimum atomic E-state index is -3.47. The number of benzene rings is 1. The standard InChI is InChI=1S/C13H13N3O2S/c14-7-8-16(13-5-6-13)19(17,18)10-12-3-1-11(9-15)2-4-12/h1-4,13H,5-6,8,10H2. The third-order valence-electron chi connectivity index (χ3n) is 2.97. The van der Waals surface area contributed by atoms with E-state index in [1.165, 1.54) is 4.31 Å². The molecule has 0 unspecified atom stereocenters. The van der Waals surface area contributed by atoms with Crippen LogP contribution in [0.4, 0.5) is 0 Å². The Morgan fingerprint density at radius 1 is 1.21 bits per heavy atom. The van der Waals surface area contributed by atoms with E-state index in [1.54, 1.807) is 24.3 Å². The molecule has 1 fully saturated rings. The van der Waals surface area contributed by atoms with Crippen LogP contribution in [0.15, 0.2) is 24.3 Å². The Morgan fingerprint density at radius 3 is 2.32 bits per heavy atom. The summed E-state index contributed by atoms with van der Waals surface area (Å²) in [6.07, 6.45) is 1.66. The van der Waals surface area contributed by atoms with E-state index in [-0.39, 0.29) is 18.3 Å². The predicted octanol–water partition coefficient (Wildman–Crippen LogP) is 1.38. The summed E-state index contributed by atoms with van der Waals surface area (Å²) in [5.41, 5.74) is 1.12.